The Balaban J connectivity index is 2.20. The Labute approximate surface area is 130 Å². The highest BCUT2D eigenvalue weighted by atomic mass is 16.5. The van der Waals surface area contributed by atoms with Gasteiger partial charge in [0.1, 0.15) is 6.04 Å². The van der Waals surface area contributed by atoms with E-state index >= 15 is 0 Å². The quantitative estimate of drug-likeness (QED) is 0.918. The second-order valence-electron chi connectivity index (χ2n) is 6.09. The van der Waals surface area contributed by atoms with Gasteiger partial charge in [0.05, 0.1) is 18.2 Å². The van der Waals surface area contributed by atoms with Crippen LogP contribution in [0.15, 0.2) is 24.4 Å². The largest absolute Gasteiger partial charge is 0.383 e. The van der Waals surface area contributed by atoms with Crippen LogP contribution in [0.5, 0.6) is 0 Å². The van der Waals surface area contributed by atoms with Gasteiger partial charge >= 0.3 is 0 Å². The lowest BCUT2D eigenvalue weighted by Crippen LogP contribution is -2.48. The average molecular weight is 301 g/mol. The third-order valence-electron chi connectivity index (χ3n) is 4.59. The van der Waals surface area contributed by atoms with Crippen molar-refractivity contribution < 1.29 is 9.53 Å². The molecule has 5 heteroatoms. The molecule has 0 saturated heterocycles. The number of aromatic nitrogens is 1. The number of anilines is 1. The van der Waals surface area contributed by atoms with Gasteiger partial charge in [0, 0.05) is 38.5 Å². The molecule has 22 heavy (non-hydrogen) atoms. The normalized spacial score (nSPS) is 22.2. The van der Waals surface area contributed by atoms with Crippen molar-refractivity contribution in [1.82, 2.24) is 9.88 Å². The monoisotopic (exact) mass is 301 g/mol. The minimum absolute atomic E-state index is 0.00916. The number of carbonyl (C=O) groups is 1. The van der Waals surface area contributed by atoms with Crippen molar-refractivity contribution in [3.8, 4) is 0 Å². The Morgan fingerprint density at radius 1 is 1.36 bits per heavy atom. The molecule has 0 fully saturated rings. The predicted octanol–water partition coefficient (Wildman–Crippen LogP) is 1.69. The van der Waals surface area contributed by atoms with E-state index in [0.717, 1.165) is 12.1 Å². The van der Waals surface area contributed by atoms with Crippen molar-refractivity contribution in [2.24, 2.45) is 7.05 Å². The number of hydrogen-bond donors (Lipinski definition) is 1. The summed E-state index contributed by atoms with van der Waals surface area (Å²) < 4.78 is 7.44. The second-order valence-corrected chi connectivity index (χ2v) is 6.09. The standard InChI is InChI=1S/C17H23N3O2/c1-11-17(21)18-13(10-22-4)8-12-9-19(2)14-6-5-7-15(16(12)14)20(11)3/h5-7,9,11,13H,8,10H2,1-4H3,(H,18,21). The van der Waals surface area contributed by atoms with Gasteiger partial charge in [-0.1, -0.05) is 6.07 Å². The molecule has 1 aliphatic heterocycles. The van der Waals surface area contributed by atoms with Gasteiger partial charge in [0.15, 0.2) is 0 Å². The molecule has 0 saturated carbocycles. The highest BCUT2D eigenvalue weighted by Crippen LogP contribution is 2.33. The molecular formula is C17H23N3O2. The molecule has 1 aromatic heterocycles. The molecule has 0 radical (unpaired) electrons. The zero-order chi connectivity index (χ0) is 15.9. The molecule has 1 aliphatic rings. The molecular weight excluding hydrogens is 278 g/mol. The second kappa shape index (κ2) is 5.65. The zero-order valence-electron chi connectivity index (χ0n) is 13.6. The lowest BCUT2D eigenvalue weighted by molar-refractivity contribution is -0.123. The van der Waals surface area contributed by atoms with Crippen LogP contribution < -0.4 is 10.2 Å². The first-order chi connectivity index (χ1) is 10.5. The Bertz CT molecular complexity index is 707. The lowest BCUT2D eigenvalue weighted by atomic mass is 10.0. The number of rotatable bonds is 2. The number of hydrogen-bond acceptors (Lipinski definition) is 3. The van der Waals surface area contributed by atoms with Gasteiger partial charge in [-0.3, -0.25) is 4.79 Å². The van der Waals surface area contributed by atoms with E-state index in [9.17, 15) is 4.79 Å². The molecule has 1 aromatic carbocycles. The first-order valence-electron chi connectivity index (χ1n) is 7.62. The lowest BCUT2D eigenvalue weighted by Gasteiger charge is -2.27. The fraction of sp³-hybridized carbons (Fsp3) is 0.471. The molecule has 2 heterocycles. The summed E-state index contributed by atoms with van der Waals surface area (Å²) in [6.45, 7) is 2.45. The van der Waals surface area contributed by atoms with Gasteiger partial charge in [-0.2, -0.15) is 0 Å². The van der Waals surface area contributed by atoms with Crippen molar-refractivity contribution in [3.63, 3.8) is 0 Å². The van der Waals surface area contributed by atoms with Crippen molar-refractivity contribution in [1.29, 1.82) is 0 Å². The van der Waals surface area contributed by atoms with Crippen LogP contribution in [0.1, 0.15) is 12.5 Å². The van der Waals surface area contributed by atoms with E-state index in [4.69, 9.17) is 4.74 Å². The molecule has 2 unspecified atom stereocenters. The SMILES string of the molecule is COCC1Cc2cn(C)c3cccc(c23)N(C)C(C)C(=O)N1. The summed E-state index contributed by atoms with van der Waals surface area (Å²) in [5.74, 6) is 0.0380. The molecule has 0 bridgehead atoms. The number of aryl methyl sites for hydroxylation is 1. The van der Waals surface area contributed by atoms with Crippen LogP contribution >= 0.6 is 0 Å². The van der Waals surface area contributed by atoms with Gasteiger partial charge in [-0.05, 0) is 31.0 Å². The molecule has 118 valence electrons. The van der Waals surface area contributed by atoms with E-state index in [1.165, 1.54) is 16.5 Å². The van der Waals surface area contributed by atoms with Gasteiger partial charge in [0.25, 0.3) is 0 Å². The van der Waals surface area contributed by atoms with Crippen molar-refractivity contribution in [2.75, 3.05) is 25.7 Å². The molecule has 0 spiro atoms. The van der Waals surface area contributed by atoms with Crippen molar-refractivity contribution >= 4 is 22.5 Å². The number of benzene rings is 1. The Hall–Kier alpha value is -2.01. The summed E-state index contributed by atoms with van der Waals surface area (Å²) >= 11 is 0. The minimum atomic E-state index is -0.226. The van der Waals surface area contributed by atoms with Gasteiger partial charge in [0.2, 0.25) is 5.91 Å². The van der Waals surface area contributed by atoms with Gasteiger partial charge < -0.3 is 19.5 Å². The predicted molar refractivity (Wildman–Crippen MR) is 88.3 cm³/mol. The van der Waals surface area contributed by atoms with E-state index in [1.54, 1.807) is 7.11 Å². The number of amides is 1. The van der Waals surface area contributed by atoms with Crippen LogP contribution in [-0.2, 0) is 23.0 Å². The summed E-state index contributed by atoms with van der Waals surface area (Å²) in [7, 11) is 5.71. The van der Waals surface area contributed by atoms with Crippen molar-refractivity contribution in [2.45, 2.75) is 25.4 Å². The molecule has 2 atom stereocenters. The number of nitrogens with zero attached hydrogens (tertiary/aromatic N) is 2. The van der Waals surface area contributed by atoms with E-state index in [1.807, 2.05) is 20.0 Å². The first-order valence-corrected chi connectivity index (χ1v) is 7.62. The maximum atomic E-state index is 12.5. The van der Waals surface area contributed by atoms with Gasteiger partial charge in [-0.25, -0.2) is 0 Å². The molecule has 5 nitrogen and oxygen atoms in total. The molecule has 1 amide bonds. The average Bonchev–Trinajstić information content (AvgIpc) is 2.82. The van der Waals surface area contributed by atoms with Crippen LogP contribution in [0.2, 0.25) is 0 Å². The van der Waals surface area contributed by atoms with E-state index in [2.05, 4.69) is 40.2 Å². The zero-order valence-corrected chi connectivity index (χ0v) is 13.6. The molecule has 1 N–H and O–H groups in total. The number of nitrogens with one attached hydrogen (secondary N) is 1. The summed E-state index contributed by atoms with van der Waals surface area (Å²) in [6, 6.07) is 6.03. The number of methoxy groups -OCH3 is 1. The maximum Gasteiger partial charge on any atom is 0.242 e. The maximum absolute atomic E-state index is 12.5. The summed E-state index contributed by atoms with van der Waals surface area (Å²) in [6.07, 6.45) is 2.93. The number of ether oxygens (including phenoxy) is 1. The fourth-order valence-corrected chi connectivity index (χ4v) is 3.29. The topological polar surface area (TPSA) is 46.5 Å². The van der Waals surface area contributed by atoms with E-state index in [0.29, 0.717) is 6.61 Å². The number of carbonyl (C=O) groups excluding carboxylic acids is 1. The van der Waals surface area contributed by atoms with Crippen LogP contribution in [0.25, 0.3) is 10.9 Å². The summed E-state index contributed by atoms with van der Waals surface area (Å²) in [5.41, 5.74) is 3.54. The Morgan fingerprint density at radius 2 is 2.14 bits per heavy atom. The molecule has 2 aromatic rings. The molecule has 3 rings (SSSR count). The third-order valence-corrected chi connectivity index (χ3v) is 4.59. The fourth-order valence-electron chi connectivity index (χ4n) is 3.29. The molecule has 0 aliphatic carbocycles. The summed E-state index contributed by atoms with van der Waals surface area (Å²) in [5, 5.41) is 4.35. The Morgan fingerprint density at radius 3 is 2.86 bits per heavy atom. The van der Waals surface area contributed by atoms with Gasteiger partial charge in [-0.15, -0.1) is 0 Å². The van der Waals surface area contributed by atoms with Crippen LogP contribution in [-0.4, -0.2) is 43.3 Å². The smallest absolute Gasteiger partial charge is 0.242 e. The Kier molecular flexibility index (Phi) is 3.83. The minimum Gasteiger partial charge on any atom is -0.383 e. The van der Waals surface area contributed by atoms with E-state index < -0.39 is 0 Å². The third kappa shape index (κ3) is 2.35. The van der Waals surface area contributed by atoms with Crippen LogP contribution in [0.3, 0.4) is 0 Å². The number of likely N-dealkylation sites (N-methyl/N-ethyl adjacent to an activating group) is 1. The summed E-state index contributed by atoms with van der Waals surface area (Å²) in [4.78, 5) is 14.5. The van der Waals surface area contributed by atoms with Crippen LogP contribution in [0.4, 0.5) is 5.69 Å². The highest BCUT2D eigenvalue weighted by Gasteiger charge is 2.27. The van der Waals surface area contributed by atoms with E-state index in [-0.39, 0.29) is 18.0 Å². The first kappa shape index (κ1) is 14.9. The highest BCUT2D eigenvalue weighted by molar-refractivity contribution is 5.98. The van der Waals surface area contributed by atoms with Crippen LogP contribution in [0, 0.1) is 0 Å². The van der Waals surface area contributed by atoms with Crippen molar-refractivity contribution in [3.05, 3.63) is 30.0 Å².